The Labute approximate surface area is 237 Å². The van der Waals surface area contributed by atoms with Gasteiger partial charge in [-0.25, -0.2) is 0 Å². The van der Waals surface area contributed by atoms with Crippen LogP contribution in [0.2, 0.25) is 0 Å². The highest BCUT2D eigenvalue weighted by molar-refractivity contribution is 5.92. The number of fused-ring (bicyclic) bond motifs is 5. The fourth-order valence-corrected chi connectivity index (χ4v) is 9.05. The zero-order valence-electron chi connectivity index (χ0n) is 24.3. The third kappa shape index (κ3) is 5.41. The van der Waals surface area contributed by atoms with Crippen LogP contribution in [0.4, 0.5) is 0 Å². The summed E-state index contributed by atoms with van der Waals surface area (Å²) in [5, 5.41) is 16.9. The molecule has 0 bridgehead atoms. The van der Waals surface area contributed by atoms with Crippen molar-refractivity contribution in [3.8, 4) is 0 Å². The van der Waals surface area contributed by atoms with E-state index >= 15 is 0 Å². The van der Waals surface area contributed by atoms with Crippen LogP contribution in [0.5, 0.6) is 0 Å². The van der Waals surface area contributed by atoms with Gasteiger partial charge in [0.25, 0.3) is 0 Å². The lowest BCUT2D eigenvalue weighted by Gasteiger charge is -2.58. The van der Waals surface area contributed by atoms with Crippen molar-refractivity contribution in [3.63, 3.8) is 0 Å². The van der Waals surface area contributed by atoms with Crippen molar-refractivity contribution >= 4 is 23.4 Å². The zero-order valence-corrected chi connectivity index (χ0v) is 24.3. The number of aliphatic hydroxyl groups is 1. The van der Waals surface area contributed by atoms with Crippen LogP contribution in [0.1, 0.15) is 84.5 Å². The summed E-state index contributed by atoms with van der Waals surface area (Å²) in [6, 6.07) is 0. The number of allylic oxidation sites excluding steroid dienone is 1. The van der Waals surface area contributed by atoms with Gasteiger partial charge in [-0.2, -0.15) is 0 Å². The molecule has 0 radical (unpaired) electrons. The summed E-state index contributed by atoms with van der Waals surface area (Å²) in [4.78, 5) is 52.3. The van der Waals surface area contributed by atoms with Gasteiger partial charge >= 0.3 is 5.97 Å². The van der Waals surface area contributed by atoms with Crippen LogP contribution >= 0.6 is 0 Å². The summed E-state index contributed by atoms with van der Waals surface area (Å²) in [7, 11) is 0. The van der Waals surface area contributed by atoms with Crippen molar-refractivity contribution in [1.82, 2.24) is 10.2 Å². The summed E-state index contributed by atoms with van der Waals surface area (Å²) >= 11 is 0. The van der Waals surface area contributed by atoms with Gasteiger partial charge in [0.1, 0.15) is 12.3 Å². The van der Waals surface area contributed by atoms with E-state index in [4.69, 9.17) is 4.74 Å². The molecule has 222 valence electrons. The van der Waals surface area contributed by atoms with Gasteiger partial charge in [0.2, 0.25) is 11.7 Å². The molecule has 5 rings (SSSR count). The Balaban J connectivity index is 1.09. The number of nitrogens with one attached hydrogen (secondary N) is 1. The molecule has 0 aromatic carbocycles. The van der Waals surface area contributed by atoms with Gasteiger partial charge in [-0.15, -0.1) is 0 Å². The van der Waals surface area contributed by atoms with Crippen molar-refractivity contribution in [3.05, 3.63) is 11.6 Å². The minimum atomic E-state index is -1.51. The lowest BCUT2D eigenvalue weighted by atomic mass is 9.46. The average molecular weight is 559 g/mol. The molecule has 4 aliphatic carbocycles. The number of carbonyl (C=O) groups excluding carboxylic acids is 4. The summed E-state index contributed by atoms with van der Waals surface area (Å²) in [6.07, 6.45) is 9.00. The first kappa shape index (κ1) is 29.4. The molecule has 4 N–H and O–H groups in total. The molecule has 1 heterocycles. The summed E-state index contributed by atoms with van der Waals surface area (Å²) in [6.45, 7) is 8.67. The molecule has 0 unspecified atom stereocenters. The number of quaternary nitrogens is 1. The third-order valence-corrected chi connectivity index (χ3v) is 11.5. The van der Waals surface area contributed by atoms with Crippen LogP contribution in [0, 0.1) is 28.6 Å². The molecule has 9 heteroatoms. The monoisotopic (exact) mass is 558 g/mol. The highest BCUT2D eigenvalue weighted by Gasteiger charge is 2.66. The van der Waals surface area contributed by atoms with Gasteiger partial charge in [-0.05, 0) is 80.6 Å². The average Bonchev–Trinajstić information content (AvgIpc) is 3.55. The minimum Gasteiger partial charge on any atom is -0.458 e. The molecule has 3 saturated carbocycles. The van der Waals surface area contributed by atoms with E-state index in [2.05, 4.69) is 29.4 Å². The molecule has 9 nitrogen and oxygen atoms in total. The molecule has 4 fully saturated rings. The van der Waals surface area contributed by atoms with E-state index in [9.17, 15) is 24.3 Å². The van der Waals surface area contributed by atoms with E-state index in [0.717, 1.165) is 71.2 Å². The van der Waals surface area contributed by atoms with Crippen molar-refractivity contribution in [2.24, 2.45) is 28.6 Å². The smallest absolute Gasteiger partial charge is 0.306 e. The van der Waals surface area contributed by atoms with E-state index in [0.29, 0.717) is 31.2 Å². The second-order valence-electron chi connectivity index (χ2n) is 13.5. The SMILES string of the molecule is C[C@]12CCC(=O)C=C1CC[C@@H]1[C@H]2CC[C@]2(C)[C@@H]1CC[C@]2(O)C(=O)COC(=O)CCC(=O)NCCCN1CC[NH2+]C1. The van der Waals surface area contributed by atoms with Crippen LogP contribution in [-0.4, -0.2) is 78.5 Å². The van der Waals surface area contributed by atoms with Crippen molar-refractivity contribution < 1.29 is 34.3 Å². The first-order valence-corrected chi connectivity index (χ1v) is 15.5. The van der Waals surface area contributed by atoms with E-state index < -0.39 is 29.4 Å². The van der Waals surface area contributed by atoms with Gasteiger partial charge in [-0.3, -0.25) is 24.1 Å². The molecule has 1 aliphatic heterocycles. The van der Waals surface area contributed by atoms with Crippen LogP contribution in [0.25, 0.3) is 0 Å². The Morgan fingerprint density at radius 2 is 1.90 bits per heavy atom. The Bertz CT molecular complexity index is 1050. The van der Waals surface area contributed by atoms with E-state index in [-0.39, 0.29) is 35.9 Å². The number of ketones is 2. The highest BCUT2D eigenvalue weighted by Crippen LogP contribution is 2.67. The van der Waals surface area contributed by atoms with E-state index in [1.54, 1.807) is 0 Å². The molecule has 0 aromatic rings. The van der Waals surface area contributed by atoms with Crippen LogP contribution < -0.4 is 10.6 Å². The van der Waals surface area contributed by atoms with Crippen LogP contribution in [0.15, 0.2) is 11.6 Å². The van der Waals surface area contributed by atoms with Crippen molar-refractivity contribution in [2.75, 3.05) is 39.5 Å². The molecule has 5 aliphatic rings. The number of amides is 1. The summed E-state index contributed by atoms with van der Waals surface area (Å²) < 4.78 is 5.28. The number of hydrogen-bond donors (Lipinski definition) is 3. The van der Waals surface area contributed by atoms with Gasteiger partial charge in [0.15, 0.2) is 12.4 Å². The third-order valence-electron chi connectivity index (χ3n) is 11.5. The van der Waals surface area contributed by atoms with Crippen molar-refractivity contribution in [1.29, 1.82) is 0 Å². The number of rotatable bonds is 10. The maximum absolute atomic E-state index is 13.4. The van der Waals surface area contributed by atoms with Gasteiger partial charge < -0.3 is 20.5 Å². The number of Topliss-reactive ketones (excluding diaryl/α,β-unsaturated/α-hetero) is 1. The fraction of sp³-hybridized carbons (Fsp3) is 0.806. The second-order valence-corrected chi connectivity index (χ2v) is 13.5. The van der Waals surface area contributed by atoms with Crippen molar-refractivity contribution in [2.45, 2.75) is 90.1 Å². The van der Waals surface area contributed by atoms with Gasteiger partial charge in [0, 0.05) is 31.3 Å². The number of nitrogens with zero attached hydrogens (tertiary/aromatic N) is 1. The predicted octanol–water partition coefficient (Wildman–Crippen LogP) is 1.48. The maximum atomic E-state index is 13.4. The number of carbonyl (C=O) groups is 4. The van der Waals surface area contributed by atoms with E-state index in [1.165, 1.54) is 5.57 Å². The van der Waals surface area contributed by atoms with Gasteiger partial charge in [-0.1, -0.05) is 19.4 Å². The Kier molecular flexibility index (Phi) is 8.56. The zero-order chi connectivity index (χ0) is 28.5. The molecular formula is C31H48N3O6+. The first-order chi connectivity index (χ1) is 19.1. The lowest BCUT2D eigenvalue weighted by molar-refractivity contribution is -0.642. The largest absolute Gasteiger partial charge is 0.458 e. The molecule has 0 spiro atoms. The Hall–Kier alpha value is -2.10. The number of ether oxygens (including phenoxy) is 1. The molecule has 6 atom stereocenters. The van der Waals surface area contributed by atoms with E-state index in [1.807, 2.05) is 6.08 Å². The Morgan fingerprint density at radius 3 is 2.67 bits per heavy atom. The summed E-state index contributed by atoms with van der Waals surface area (Å²) in [5.74, 6) is 0.172. The van der Waals surface area contributed by atoms with Gasteiger partial charge in [0.05, 0.1) is 19.5 Å². The highest BCUT2D eigenvalue weighted by atomic mass is 16.5. The normalized spacial score (nSPS) is 37.2. The lowest BCUT2D eigenvalue weighted by Crippen LogP contribution is -2.82. The topological polar surface area (TPSA) is 130 Å². The number of nitrogens with two attached hydrogens (primary N) is 1. The number of esters is 1. The molecule has 1 saturated heterocycles. The predicted molar refractivity (Wildman–Crippen MR) is 148 cm³/mol. The fourth-order valence-electron chi connectivity index (χ4n) is 9.05. The standard InChI is InChI=1S/C31H47N3O6/c1-29-11-8-22(35)18-21(29)4-5-23-24(29)9-12-30(2)25(23)10-13-31(30,39)26(36)19-40-28(38)7-6-27(37)33-14-3-16-34-17-15-32-20-34/h18,23-25,32,39H,3-17,19-20H2,1-2H3,(H,33,37)/p+1/t23-,24-,25-,29+,30-,31+/m1/s1. The second kappa shape index (κ2) is 11.6. The minimum absolute atomic E-state index is 0.0262. The van der Waals surface area contributed by atoms with Crippen LogP contribution in [-0.2, 0) is 23.9 Å². The Morgan fingerprint density at radius 1 is 1.10 bits per heavy atom. The molecule has 1 amide bonds. The molecular weight excluding hydrogens is 510 g/mol. The molecule has 0 aromatic heterocycles. The number of hydrogen-bond acceptors (Lipinski definition) is 7. The first-order valence-electron chi connectivity index (χ1n) is 15.5. The maximum Gasteiger partial charge on any atom is 0.306 e. The quantitative estimate of drug-likeness (QED) is 0.274. The van der Waals surface area contributed by atoms with Crippen LogP contribution in [0.3, 0.4) is 0 Å². The molecule has 40 heavy (non-hydrogen) atoms. The summed E-state index contributed by atoms with van der Waals surface area (Å²) in [5.41, 5.74) is -0.712.